The molecule has 0 atom stereocenters. The molecule has 0 unspecified atom stereocenters. The lowest BCUT2D eigenvalue weighted by Gasteiger charge is -2.26. The van der Waals surface area contributed by atoms with Crippen molar-refractivity contribution in [2.45, 2.75) is 0 Å². The van der Waals surface area contributed by atoms with E-state index in [0.29, 0.717) is 0 Å². The van der Waals surface area contributed by atoms with Crippen LogP contribution in [0.4, 0.5) is 17.1 Å². The molecule has 0 saturated heterocycles. The lowest BCUT2D eigenvalue weighted by molar-refractivity contribution is 0.667. The molecule has 0 amide bonds. The van der Waals surface area contributed by atoms with Gasteiger partial charge < -0.3 is 9.32 Å². The number of rotatable bonds is 6. The van der Waals surface area contributed by atoms with Gasteiger partial charge in [-0.2, -0.15) is 0 Å². The average Bonchev–Trinajstić information content (AvgIpc) is 3.70. The van der Waals surface area contributed by atoms with Gasteiger partial charge in [0, 0.05) is 98.7 Å². The van der Waals surface area contributed by atoms with E-state index in [4.69, 9.17) is 4.42 Å². The number of pyridine rings is 5. The van der Waals surface area contributed by atoms with E-state index in [1.807, 2.05) is 61.3 Å². The Labute approximate surface area is 343 Å². The third-order valence-electron chi connectivity index (χ3n) is 11.5. The Bertz CT molecular complexity index is 3470. The van der Waals surface area contributed by atoms with Gasteiger partial charge >= 0.3 is 0 Å². The zero-order valence-electron chi connectivity index (χ0n) is 32.1. The van der Waals surface area contributed by atoms with Gasteiger partial charge in [0.05, 0.1) is 17.2 Å². The van der Waals surface area contributed by atoms with Gasteiger partial charge in [-0.25, -0.2) is 0 Å². The van der Waals surface area contributed by atoms with E-state index in [-0.39, 0.29) is 0 Å². The van der Waals surface area contributed by atoms with Crippen LogP contribution in [0, 0.1) is 0 Å². The minimum absolute atomic E-state index is 0.779. The summed E-state index contributed by atoms with van der Waals surface area (Å²) in [7, 11) is 0. The largest absolute Gasteiger partial charge is 0.454 e. The molecule has 12 rings (SSSR count). The van der Waals surface area contributed by atoms with Crippen molar-refractivity contribution in [2.24, 2.45) is 0 Å². The Kier molecular flexibility index (Phi) is 7.71. The molecule has 60 heavy (non-hydrogen) atoms. The first-order valence-electron chi connectivity index (χ1n) is 19.8. The highest BCUT2D eigenvalue weighted by Crippen LogP contribution is 2.41. The molecule has 0 spiro atoms. The summed E-state index contributed by atoms with van der Waals surface area (Å²) in [6.45, 7) is 0. The lowest BCUT2D eigenvalue weighted by Crippen LogP contribution is -2.10. The lowest BCUT2D eigenvalue weighted by atomic mass is 9.99. The van der Waals surface area contributed by atoms with Crippen LogP contribution in [0.2, 0.25) is 0 Å². The number of hydrogen-bond donors (Lipinski definition) is 0. The zero-order valence-corrected chi connectivity index (χ0v) is 32.1. The summed E-state index contributed by atoms with van der Waals surface area (Å²) in [6, 6.07) is 51.7. The van der Waals surface area contributed by atoms with Crippen molar-refractivity contribution in [1.82, 2.24) is 24.9 Å². The molecule has 0 aliphatic carbocycles. The number of nitrogens with zero attached hydrogens (tertiary/aromatic N) is 6. The molecule has 6 aromatic carbocycles. The Hall–Kier alpha value is -8.29. The molecule has 0 bridgehead atoms. The molecule has 0 saturated carbocycles. The van der Waals surface area contributed by atoms with Crippen molar-refractivity contribution in [3.8, 4) is 33.4 Å². The molecule has 7 heteroatoms. The highest BCUT2D eigenvalue weighted by molar-refractivity contribution is 6.12. The third-order valence-corrected chi connectivity index (χ3v) is 11.5. The predicted octanol–water partition coefficient (Wildman–Crippen LogP) is 13.6. The summed E-state index contributed by atoms with van der Waals surface area (Å²) < 4.78 is 6.18. The van der Waals surface area contributed by atoms with Gasteiger partial charge in [0.2, 0.25) is 0 Å². The molecule has 280 valence electrons. The Balaban J connectivity index is 0.955. The fourth-order valence-corrected chi connectivity index (χ4v) is 8.50. The van der Waals surface area contributed by atoms with Crippen molar-refractivity contribution >= 4 is 82.4 Å². The van der Waals surface area contributed by atoms with Gasteiger partial charge in [0.25, 0.3) is 0 Å². The van der Waals surface area contributed by atoms with Gasteiger partial charge in [0.1, 0.15) is 5.58 Å². The molecule has 0 radical (unpaired) electrons. The first-order chi connectivity index (χ1) is 29.7. The molecule has 0 aliphatic heterocycles. The van der Waals surface area contributed by atoms with Crippen molar-refractivity contribution < 1.29 is 4.42 Å². The molecule has 0 aliphatic rings. The van der Waals surface area contributed by atoms with Crippen LogP contribution in [0.5, 0.6) is 0 Å². The minimum atomic E-state index is 0.779. The number of hydrogen-bond acceptors (Lipinski definition) is 7. The van der Waals surface area contributed by atoms with E-state index in [1.165, 1.54) is 0 Å². The van der Waals surface area contributed by atoms with Crippen LogP contribution >= 0.6 is 0 Å². The van der Waals surface area contributed by atoms with E-state index in [0.717, 1.165) is 116 Å². The molecule has 6 aromatic heterocycles. The predicted molar refractivity (Wildman–Crippen MR) is 244 cm³/mol. The van der Waals surface area contributed by atoms with Crippen LogP contribution in [0.25, 0.3) is 98.7 Å². The highest BCUT2D eigenvalue weighted by Gasteiger charge is 2.17. The Morgan fingerprint density at radius 2 is 0.900 bits per heavy atom. The molecule has 12 aromatic rings. The van der Waals surface area contributed by atoms with Crippen LogP contribution in [0.15, 0.2) is 200 Å². The summed E-state index contributed by atoms with van der Waals surface area (Å²) in [4.78, 5) is 24.9. The second-order valence-corrected chi connectivity index (χ2v) is 15.1. The van der Waals surface area contributed by atoms with Crippen LogP contribution < -0.4 is 4.90 Å². The molecule has 6 heterocycles. The number of para-hydroxylation sites is 1. The molecule has 0 N–H and O–H groups in total. The summed E-state index contributed by atoms with van der Waals surface area (Å²) in [5.41, 5.74) is 13.1. The SMILES string of the molecule is c1ccc2c(c1)oc1cncc(-c3ccc(N(c4ccc5cc(-c6cnc7ccncc7c6)ccc5c4)c4ccc5cc(-c6cnc7ccncc7c6)ccc5c4)cc3)c12. The number of fused-ring (bicyclic) bond motifs is 7. The monoisotopic (exact) mass is 768 g/mol. The highest BCUT2D eigenvalue weighted by atomic mass is 16.3. The average molecular weight is 769 g/mol. The van der Waals surface area contributed by atoms with E-state index in [9.17, 15) is 0 Å². The van der Waals surface area contributed by atoms with Gasteiger partial charge in [0.15, 0.2) is 5.58 Å². The van der Waals surface area contributed by atoms with Gasteiger partial charge in [-0.15, -0.1) is 0 Å². The Morgan fingerprint density at radius 1 is 0.367 bits per heavy atom. The van der Waals surface area contributed by atoms with Crippen molar-refractivity contribution in [3.05, 3.63) is 195 Å². The normalized spacial score (nSPS) is 11.7. The fourth-order valence-electron chi connectivity index (χ4n) is 8.50. The van der Waals surface area contributed by atoms with Gasteiger partial charge in [-0.1, -0.05) is 66.7 Å². The number of anilines is 3. The summed E-state index contributed by atoms with van der Waals surface area (Å²) >= 11 is 0. The van der Waals surface area contributed by atoms with Crippen molar-refractivity contribution in [3.63, 3.8) is 0 Å². The fraction of sp³-hybridized carbons (Fsp3) is 0. The van der Waals surface area contributed by atoms with E-state index in [2.05, 4.69) is 145 Å². The first-order valence-corrected chi connectivity index (χ1v) is 19.8. The Morgan fingerprint density at radius 3 is 1.53 bits per heavy atom. The first kappa shape index (κ1) is 33.8. The standard InChI is InChI=1S/C53H32N6O/c1-2-4-51-47(3-1)53-48(31-56-32-52(53)60-51)33-9-13-44(14-10-33)59(45-15-11-34-21-36(5-7-38(34)25-45)40-23-42-27-54-19-17-49(42)57-29-40)46-16-12-35-22-37(6-8-39(35)26-46)41-24-43-28-55-20-18-50(43)58-30-41/h1-32H. The van der Waals surface area contributed by atoms with Crippen molar-refractivity contribution in [1.29, 1.82) is 0 Å². The second-order valence-electron chi connectivity index (χ2n) is 15.1. The second kappa shape index (κ2) is 13.7. The van der Waals surface area contributed by atoms with Crippen molar-refractivity contribution in [2.75, 3.05) is 4.90 Å². The van der Waals surface area contributed by atoms with Crippen LogP contribution in [0.3, 0.4) is 0 Å². The van der Waals surface area contributed by atoms with E-state index in [1.54, 1.807) is 18.6 Å². The topological polar surface area (TPSA) is 80.8 Å². The molecule has 7 nitrogen and oxygen atoms in total. The van der Waals surface area contributed by atoms with Crippen LogP contribution in [0.1, 0.15) is 0 Å². The van der Waals surface area contributed by atoms with Gasteiger partial charge in [-0.05, 0) is 117 Å². The maximum atomic E-state index is 6.18. The van der Waals surface area contributed by atoms with E-state index < -0.39 is 0 Å². The van der Waals surface area contributed by atoms with Gasteiger partial charge in [-0.3, -0.25) is 24.9 Å². The maximum absolute atomic E-state index is 6.18. The molecular formula is C53H32N6O. The molecular weight excluding hydrogens is 737 g/mol. The molecule has 0 fully saturated rings. The number of benzene rings is 6. The number of furan rings is 1. The van der Waals surface area contributed by atoms with E-state index >= 15 is 0 Å². The quantitative estimate of drug-likeness (QED) is 0.167. The minimum Gasteiger partial charge on any atom is -0.454 e. The smallest absolute Gasteiger partial charge is 0.154 e. The third kappa shape index (κ3) is 5.79. The maximum Gasteiger partial charge on any atom is 0.154 e. The van der Waals surface area contributed by atoms with Crippen LogP contribution in [-0.2, 0) is 0 Å². The van der Waals surface area contributed by atoms with Crippen LogP contribution in [-0.4, -0.2) is 24.9 Å². The summed E-state index contributed by atoms with van der Waals surface area (Å²) in [5, 5.41) is 8.77. The summed E-state index contributed by atoms with van der Waals surface area (Å²) in [5.74, 6) is 0. The zero-order chi connectivity index (χ0) is 39.6. The number of aromatic nitrogens is 5. The summed E-state index contributed by atoms with van der Waals surface area (Å²) in [6.07, 6.45) is 14.9.